The summed E-state index contributed by atoms with van der Waals surface area (Å²) < 4.78 is 24.1. The van der Waals surface area contributed by atoms with E-state index in [-0.39, 0.29) is 11.9 Å². The number of carbonyl (C=O) groups is 1. The summed E-state index contributed by atoms with van der Waals surface area (Å²) in [4.78, 5) is 16.7. The molecule has 0 spiro atoms. The Labute approximate surface area is 174 Å². The highest BCUT2D eigenvalue weighted by Crippen LogP contribution is 2.24. The van der Waals surface area contributed by atoms with Gasteiger partial charge in [-0.25, -0.2) is 9.18 Å². The van der Waals surface area contributed by atoms with Crippen molar-refractivity contribution in [1.29, 1.82) is 0 Å². The number of amides is 1. The van der Waals surface area contributed by atoms with Gasteiger partial charge >= 0.3 is 6.09 Å². The van der Waals surface area contributed by atoms with Crippen LogP contribution in [0.2, 0.25) is 0 Å². The van der Waals surface area contributed by atoms with Crippen LogP contribution in [0.5, 0.6) is 5.75 Å². The third-order valence-electron chi connectivity index (χ3n) is 5.21. The van der Waals surface area contributed by atoms with E-state index in [1.165, 1.54) is 12.1 Å². The largest absolute Gasteiger partial charge is 0.468 e. The minimum absolute atomic E-state index is 0.0984. The zero-order chi connectivity index (χ0) is 20.8. The second-order valence-corrected chi connectivity index (χ2v) is 7.11. The maximum absolute atomic E-state index is 13.2. The second-order valence-electron chi connectivity index (χ2n) is 7.11. The minimum atomic E-state index is -0.497. The molecule has 4 rings (SSSR count). The van der Waals surface area contributed by atoms with Gasteiger partial charge in [-0.3, -0.25) is 4.90 Å². The number of piperazine rings is 1. The molecule has 0 bridgehead atoms. The molecule has 3 aromatic rings. The number of halogens is 1. The Morgan fingerprint density at radius 3 is 2.40 bits per heavy atom. The van der Waals surface area contributed by atoms with Gasteiger partial charge in [0, 0.05) is 38.4 Å². The molecule has 7 heteroatoms. The number of ether oxygens (including phenoxy) is 1. The Kier molecular flexibility index (Phi) is 6.29. The molecule has 1 saturated heterocycles. The zero-order valence-electron chi connectivity index (χ0n) is 16.5. The van der Waals surface area contributed by atoms with Crippen molar-refractivity contribution < 1.29 is 18.3 Å². The number of furan rings is 1. The Bertz CT molecular complexity index is 924. The van der Waals surface area contributed by atoms with Crippen molar-refractivity contribution in [3.63, 3.8) is 0 Å². The lowest BCUT2D eigenvalue weighted by atomic mass is 10.1. The number of benzene rings is 2. The van der Waals surface area contributed by atoms with Crippen molar-refractivity contribution in [2.45, 2.75) is 6.04 Å². The van der Waals surface area contributed by atoms with Crippen molar-refractivity contribution in [1.82, 2.24) is 10.2 Å². The second kappa shape index (κ2) is 9.45. The summed E-state index contributed by atoms with van der Waals surface area (Å²) in [5.74, 6) is 1.06. The van der Waals surface area contributed by atoms with Crippen LogP contribution >= 0.6 is 0 Å². The van der Waals surface area contributed by atoms with Gasteiger partial charge in [0.2, 0.25) is 0 Å². The van der Waals surface area contributed by atoms with E-state index < -0.39 is 6.09 Å². The summed E-state index contributed by atoms with van der Waals surface area (Å²) in [6, 6.07) is 19.2. The van der Waals surface area contributed by atoms with Crippen LogP contribution in [-0.2, 0) is 0 Å². The van der Waals surface area contributed by atoms with Crippen molar-refractivity contribution in [2.75, 3.05) is 37.6 Å². The predicted octanol–water partition coefficient (Wildman–Crippen LogP) is 4.07. The van der Waals surface area contributed by atoms with E-state index in [2.05, 4.69) is 15.1 Å². The fourth-order valence-electron chi connectivity index (χ4n) is 3.65. The van der Waals surface area contributed by atoms with E-state index in [1.807, 2.05) is 30.3 Å². The summed E-state index contributed by atoms with van der Waals surface area (Å²) in [7, 11) is 0. The third kappa shape index (κ3) is 4.99. The van der Waals surface area contributed by atoms with Crippen LogP contribution in [0.4, 0.5) is 14.9 Å². The highest BCUT2D eigenvalue weighted by Gasteiger charge is 2.27. The van der Waals surface area contributed by atoms with E-state index >= 15 is 0 Å². The predicted molar refractivity (Wildman–Crippen MR) is 112 cm³/mol. The number of anilines is 1. The lowest BCUT2D eigenvalue weighted by Gasteiger charge is -2.39. The van der Waals surface area contributed by atoms with Gasteiger partial charge in [0.1, 0.15) is 17.3 Å². The van der Waals surface area contributed by atoms with Gasteiger partial charge < -0.3 is 19.4 Å². The summed E-state index contributed by atoms with van der Waals surface area (Å²) in [6.07, 6.45) is 1.14. The third-order valence-corrected chi connectivity index (χ3v) is 5.21. The average Bonchev–Trinajstić information content (AvgIpc) is 3.30. The smallest absolute Gasteiger partial charge is 0.412 e. The number of rotatable bonds is 6. The molecule has 1 unspecified atom stereocenters. The Morgan fingerprint density at radius 1 is 1.00 bits per heavy atom. The Morgan fingerprint density at radius 2 is 1.73 bits per heavy atom. The van der Waals surface area contributed by atoms with Gasteiger partial charge in [0.05, 0.1) is 12.3 Å². The lowest BCUT2D eigenvalue weighted by Crippen LogP contribution is -2.50. The van der Waals surface area contributed by atoms with Gasteiger partial charge in [-0.05, 0) is 48.5 Å². The van der Waals surface area contributed by atoms with Crippen molar-refractivity contribution in [3.8, 4) is 5.75 Å². The minimum Gasteiger partial charge on any atom is -0.468 e. The van der Waals surface area contributed by atoms with Gasteiger partial charge in [-0.2, -0.15) is 0 Å². The highest BCUT2D eigenvalue weighted by molar-refractivity contribution is 5.70. The number of carbonyl (C=O) groups excluding carboxylic acids is 1. The number of para-hydroxylation sites is 1. The normalized spacial score (nSPS) is 15.6. The zero-order valence-corrected chi connectivity index (χ0v) is 16.5. The molecule has 0 saturated carbocycles. The van der Waals surface area contributed by atoms with E-state index in [0.29, 0.717) is 12.3 Å². The van der Waals surface area contributed by atoms with Crippen LogP contribution in [0, 0.1) is 5.82 Å². The topological polar surface area (TPSA) is 58.0 Å². The number of hydrogen-bond acceptors (Lipinski definition) is 5. The monoisotopic (exact) mass is 409 g/mol. The van der Waals surface area contributed by atoms with Gasteiger partial charge in [0.25, 0.3) is 0 Å². The summed E-state index contributed by atoms with van der Waals surface area (Å²) in [5.41, 5.74) is 1.01. The van der Waals surface area contributed by atoms with Crippen LogP contribution in [0.1, 0.15) is 11.8 Å². The molecule has 1 amide bonds. The standard InChI is InChI=1S/C23H24FN3O3/c24-18-8-10-19(11-9-18)26-12-14-27(15-13-26)21(22-7-4-16-29-22)17-25-23(28)30-20-5-2-1-3-6-20/h1-11,16,21H,12-15,17H2,(H,25,28). The molecule has 1 aliphatic heterocycles. The van der Waals surface area contributed by atoms with Crippen LogP contribution in [0.3, 0.4) is 0 Å². The van der Waals surface area contributed by atoms with Crippen molar-refractivity contribution in [2.24, 2.45) is 0 Å². The van der Waals surface area contributed by atoms with Crippen molar-refractivity contribution in [3.05, 3.63) is 84.6 Å². The molecule has 1 fully saturated rings. The molecule has 1 atom stereocenters. The average molecular weight is 409 g/mol. The molecule has 0 aliphatic carbocycles. The van der Waals surface area contributed by atoms with E-state index in [9.17, 15) is 9.18 Å². The molecule has 1 N–H and O–H groups in total. The molecule has 0 radical (unpaired) electrons. The first-order valence-corrected chi connectivity index (χ1v) is 9.98. The molecule has 2 heterocycles. The quantitative estimate of drug-likeness (QED) is 0.665. The van der Waals surface area contributed by atoms with Gasteiger partial charge in [-0.15, -0.1) is 0 Å². The molecule has 2 aromatic carbocycles. The fraction of sp³-hybridized carbons (Fsp3) is 0.261. The van der Waals surface area contributed by atoms with E-state index in [4.69, 9.17) is 9.15 Å². The molecular weight excluding hydrogens is 385 g/mol. The van der Waals surface area contributed by atoms with Crippen molar-refractivity contribution >= 4 is 11.8 Å². The Hall–Kier alpha value is -3.32. The Balaban J connectivity index is 1.36. The SMILES string of the molecule is O=C(NCC(c1ccco1)N1CCN(c2ccc(F)cc2)CC1)Oc1ccccc1. The maximum atomic E-state index is 13.2. The maximum Gasteiger partial charge on any atom is 0.412 e. The summed E-state index contributed by atoms with van der Waals surface area (Å²) in [5, 5.41) is 2.85. The fourth-order valence-corrected chi connectivity index (χ4v) is 3.65. The molecule has 30 heavy (non-hydrogen) atoms. The lowest BCUT2D eigenvalue weighted by molar-refractivity contribution is 0.155. The van der Waals surface area contributed by atoms with Crippen LogP contribution in [0.15, 0.2) is 77.4 Å². The summed E-state index contributed by atoms with van der Waals surface area (Å²) >= 11 is 0. The van der Waals surface area contributed by atoms with Crippen LogP contribution in [0.25, 0.3) is 0 Å². The molecule has 1 aromatic heterocycles. The molecule has 156 valence electrons. The highest BCUT2D eigenvalue weighted by atomic mass is 19.1. The van der Waals surface area contributed by atoms with Gasteiger partial charge in [-0.1, -0.05) is 18.2 Å². The molecule has 6 nitrogen and oxygen atoms in total. The van der Waals surface area contributed by atoms with E-state index in [1.54, 1.807) is 30.5 Å². The number of nitrogens with one attached hydrogen (secondary N) is 1. The summed E-state index contributed by atoms with van der Waals surface area (Å²) in [6.45, 7) is 3.56. The molecular formula is C23H24FN3O3. The van der Waals surface area contributed by atoms with Crippen LogP contribution < -0.4 is 15.0 Å². The molecule has 1 aliphatic rings. The first-order valence-electron chi connectivity index (χ1n) is 9.98. The number of hydrogen-bond donors (Lipinski definition) is 1. The first-order chi connectivity index (χ1) is 14.7. The first kappa shape index (κ1) is 20.0. The van der Waals surface area contributed by atoms with Crippen LogP contribution in [-0.4, -0.2) is 43.7 Å². The van der Waals surface area contributed by atoms with Gasteiger partial charge in [0.15, 0.2) is 0 Å². The number of nitrogens with zero attached hydrogens (tertiary/aromatic N) is 2. The van der Waals surface area contributed by atoms with E-state index in [0.717, 1.165) is 37.6 Å².